The summed E-state index contributed by atoms with van der Waals surface area (Å²) in [4.78, 5) is 16.1. The highest BCUT2D eigenvalue weighted by atomic mass is 79.9. The fourth-order valence-corrected chi connectivity index (χ4v) is 3.53. The van der Waals surface area contributed by atoms with E-state index in [1.165, 1.54) is 13.3 Å². The summed E-state index contributed by atoms with van der Waals surface area (Å²) >= 11 is 12.0. The quantitative estimate of drug-likeness (QED) is 0.331. The van der Waals surface area contributed by atoms with Gasteiger partial charge in [-0.1, -0.05) is 0 Å². The Morgan fingerprint density at radius 3 is 1.86 bits per heavy atom. The summed E-state index contributed by atoms with van der Waals surface area (Å²) in [6, 6.07) is 0. The van der Waals surface area contributed by atoms with Crippen LogP contribution in [0.15, 0.2) is 33.7 Å². The first kappa shape index (κ1) is 28.5. The van der Waals surface area contributed by atoms with Crippen LogP contribution in [0.1, 0.15) is 22.8 Å². The Morgan fingerprint density at radius 2 is 1.43 bits per heavy atom. The van der Waals surface area contributed by atoms with Crippen molar-refractivity contribution in [3.8, 4) is 11.8 Å². The Balaban J connectivity index is 0.000000204. The molecule has 0 unspecified atom stereocenters. The van der Waals surface area contributed by atoms with E-state index in [1.54, 1.807) is 28.9 Å². The Kier molecular flexibility index (Phi) is 10.9. The molecule has 0 aliphatic heterocycles. The smallest absolute Gasteiger partial charge is 0.232 e. The second kappa shape index (κ2) is 13.4. The normalized spacial score (nSPS) is 10.1. The Bertz CT molecular complexity index is 1240. The van der Waals surface area contributed by atoms with Crippen LogP contribution in [0, 0.1) is 13.8 Å². The van der Waals surface area contributed by atoms with Gasteiger partial charge in [-0.3, -0.25) is 9.36 Å². The number of ether oxygens (including phenoxy) is 2. The molecule has 0 atom stereocenters. The molecule has 4 aromatic rings. The topological polar surface area (TPSA) is 132 Å². The standard InChI is InChI=1S/C11H13BrN4O.C5H4BrClN2O.C5H9N3/c1-7-8(6-16(2)15-7)4-10-13-5-9(12)11(14-10)17-3;1-10-4-3(6)2-8-5(7)9-4;1-4-5(6)3-8(2)7-4/h5-6H,4H2,1-3H3;2H,1H3;3H,6H2,1-2H3. The highest BCUT2D eigenvalue weighted by Gasteiger charge is 2.09. The predicted molar refractivity (Wildman–Crippen MR) is 141 cm³/mol. The molecule has 4 aromatic heterocycles. The first-order valence-electron chi connectivity index (χ1n) is 10.1. The maximum absolute atomic E-state index is 5.47. The van der Waals surface area contributed by atoms with Crippen molar-refractivity contribution in [3.63, 3.8) is 0 Å². The van der Waals surface area contributed by atoms with E-state index >= 15 is 0 Å². The molecule has 0 bridgehead atoms. The lowest BCUT2D eigenvalue weighted by Crippen LogP contribution is -1.99. The maximum Gasteiger partial charge on any atom is 0.232 e. The van der Waals surface area contributed by atoms with E-state index in [9.17, 15) is 0 Å². The van der Waals surface area contributed by atoms with Gasteiger partial charge in [-0.05, 0) is 57.3 Å². The van der Waals surface area contributed by atoms with Crippen LogP contribution < -0.4 is 15.2 Å². The molecule has 11 nitrogen and oxygen atoms in total. The number of hydrogen-bond acceptors (Lipinski definition) is 9. The number of aryl methyl sites for hydroxylation is 4. The van der Waals surface area contributed by atoms with Gasteiger partial charge in [-0.25, -0.2) is 9.97 Å². The first-order valence-corrected chi connectivity index (χ1v) is 12.0. The highest BCUT2D eigenvalue weighted by molar-refractivity contribution is 9.10. The van der Waals surface area contributed by atoms with Crippen molar-refractivity contribution < 1.29 is 9.47 Å². The van der Waals surface area contributed by atoms with Crippen LogP contribution in [0.4, 0.5) is 5.69 Å². The summed E-state index contributed by atoms with van der Waals surface area (Å²) < 4.78 is 14.9. The number of halogens is 3. The van der Waals surface area contributed by atoms with Gasteiger partial charge in [0.25, 0.3) is 0 Å². The van der Waals surface area contributed by atoms with Gasteiger partial charge >= 0.3 is 0 Å². The zero-order chi connectivity index (χ0) is 26.1. The molecule has 14 heteroatoms. The second-order valence-corrected chi connectivity index (χ2v) is 9.12. The number of hydrogen-bond donors (Lipinski definition) is 1. The molecule has 4 heterocycles. The molecule has 0 radical (unpaired) electrons. The molecule has 0 aliphatic rings. The van der Waals surface area contributed by atoms with Crippen molar-refractivity contribution in [2.75, 3.05) is 20.0 Å². The molecule has 35 heavy (non-hydrogen) atoms. The summed E-state index contributed by atoms with van der Waals surface area (Å²) in [6.45, 7) is 3.86. The molecule has 0 fully saturated rings. The van der Waals surface area contributed by atoms with E-state index in [4.69, 9.17) is 26.8 Å². The average molecular weight is 632 g/mol. The van der Waals surface area contributed by atoms with Crippen LogP contribution in [0.5, 0.6) is 11.8 Å². The Morgan fingerprint density at radius 1 is 0.886 bits per heavy atom. The van der Waals surface area contributed by atoms with Gasteiger partial charge in [0.1, 0.15) is 5.82 Å². The van der Waals surface area contributed by atoms with Gasteiger partial charge in [0.2, 0.25) is 17.0 Å². The molecule has 188 valence electrons. The minimum Gasteiger partial charge on any atom is -0.480 e. The summed E-state index contributed by atoms with van der Waals surface area (Å²) in [5.41, 5.74) is 9.23. The zero-order valence-electron chi connectivity index (χ0n) is 20.1. The number of rotatable bonds is 4. The van der Waals surface area contributed by atoms with Gasteiger partial charge in [0.05, 0.1) is 40.2 Å². The van der Waals surface area contributed by atoms with Crippen molar-refractivity contribution in [1.82, 2.24) is 39.5 Å². The molecular weight excluding hydrogens is 606 g/mol. The maximum atomic E-state index is 5.47. The van der Waals surface area contributed by atoms with Crippen LogP contribution in [0.2, 0.25) is 5.28 Å². The number of nitrogens with two attached hydrogens (primary N) is 1. The van der Waals surface area contributed by atoms with E-state index in [2.05, 4.69) is 62.0 Å². The number of methoxy groups -OCH3 is 2. The van der Waals surface area contributed by atoms with Gasteiger partial charge in [-0.15, -0.1) is 0 Å². The van der Waals surface area contributed by atoms with E-state index < -0.39 is 0 Å². The molecule has 4 rings (SSSR count). The van der Waals surface area contributed by atoms with Gasteiger partial charge in [-0.2, -0.15) is 20.2 Å². The Hall–Kier alpha value is -2.77. The van der Waals surface area contributed by atoms with E-state index in [0.717, 1.165) is 32.9 Å². The van der Waals surface area contributed by atoms with Crippen molar-refractivity contribution in [1.29, 1.82) is 0 Å². The third-order valence-corrected chi connectivity index (χ3v) is 5.62. The highest BCUT2D eigenvalue weighted by Crippen LogP contribution is 2.22. The van der Waals surface area contributed by atoms with Crippen molar-refractivity contribution in [2.45, 2.75) is 20.3 Å². The third-order valence-electron chi connectivity index (χ3n) is 4.35. The van der Waals surface area contributed by atoms with Crippen LogP contribution in [-0.2, 0) is 20.5 Å². The van der Waals surface area contributed by atoms with Crippen LogP contribution >= 0.6 is 43.5 Å². The average Bonchev–Trinajstić information content (AvgIpc) is 3.29. The predicted octanol–water partition coefficient (Wildman–Crippen LogP) is 4.09. The van der Waals surface area contributed by atoms with Crippen LogP contribution in [-0.4, -0.2) is 53.7 Å². The Labute approximate surface area is 225 Å². The molecule has 0 saturated heterocycles. The molecule has 0 aromatic carbocycles. The number of aromatic nitrogens is 8. The summed E-state index contributed by atoms with van der Waals surface area (Å²) in [6.07, 6.45) is 7.66. The van der Waals surface area contributed by atoms with E-state index in [-0.39, 0.29) is 5.28 Å². The minimum absolute atomic E-state index is 0.181. The van der Waals surface area contributed by atoms with Crippen LogP contribution in [0.3, 0.4) is 0 Å². The molecule has 0 amide bonds. The fraction of sp³-hybridized carbons (Fsp3) is 0.333. The first-order chi connectivity index (χ1) is 16.5. The largest absolute Gasteiger partial charge is 0.480 e. The van der Waals surface area contributed by atoms with E-state index in [0.29, 0.717) is 22.7 Å². The van der Waals surface area contributed by atoms with Crippen molar-refractivity contribution in [2.24, 2.45) is 14.1 Å². The molecular formula is C21H26Br2ClN9O2. The zero-order valence-corrected chi connectivity index (χ0v) is 24.0. The molecule has 0 saturated carbocycles. The molecule has 2 N–H and O–H groups in total. The van der Waals surface area contributed by atoms with Crippen LogP contribution in [0.25, 0.3) is 0 Å². The van der Waals surface area contributed by atoms with Crippen molar-refractivity contribution in [3.05, 3.63) is 61.8 Å². The lowest BCUT2D eigenvalue weighted by molar-refractivity contribution is 0.392. The number of nitrogen functional groups attached to an aromatic ring is 1. The van der Waals surface area contributed by atoms with Gasteiger partial charge in [0, 0.05) is 50.9 Å². The fourth-order valence-electron chi connectivity index (χ4n) is 2.70. The second-order valence-electron chi connectivity index (χ2n) is 7.07. The number of anilines is 1. The lowest BCUT2D eigenvalue weighted by Gasteiger charge is -2.04. The SMILES string of the molecule is COc1nc(Cc2cn(C)nc2C)ncc1Br.COc1nc(Cl)ncc1Br.Cc1nn(C)cc1N. The van der Waals surface area contributed by atoms with Gasteiger partial charge in [0.15, 0.2) is 0 Å². The monoisotopic (exact) mass is 629 g/mol. The lowest BCUT2D eigenvalue weighted by atomic mass is 10.2. The van der Waals surface area contributed by atoms with Crippen molar-refractivity contribution >= 4 is 49.1 Å². The summed E-state index contributed by atoms with van der Waals surface area (Å²) in [5, 5.41) is 8.47. The molecule has 0 aliphatic carbocycles. The van der Waals surface area contributed by atoms with E-state index in [1.807, 2.05) is 34.1 Å². The minimum atomic E-state index is 0.181. The third kappa shape index (κ3) is 8.75. The molecule has 0 spiro atoms. The van der Waals surface area contributed by atoms with Gasteiger partial charge < -0.3 is 15.2 Å². The summed E-state index contributed by atoms with van der Waals surface area (Å²) in [7, 11) is 6.86. The summed E-state index contributed by atoms with van der Waals surface area (Å²) in [5.74, 6) is 1.72. The number of nitrogens with zero attached hydrogens (tertiary/aromatic N) is 8.